The van der Waals surface area contributed by atoms with Crippen LogP contribution in [0.4, 0.5) is 5.69 Å². The van der Waals surface area contributed by atoms with Crippen LogP contribution >= 0.6 is 11.3 Å². The van der Waals surface area contributed by atoms with Crippen LogP contribution in [0.2, 0.25) is 0 Å². The minimum atomic E-state index is 0.0926. The van der Waals surface area contributed by atoms with Gasteiger partial charge in [-0.15, -0.1) is 11.3 Å². The fourth-order valence-electron chi connectivity index (χ4n) is 7.05. The van der Waals surface area contributed by atoms with E-state index in [0.717, 1.165) is 57.0 Å². The molecule has 5 nitrogen and oxygen atoms in total. The van der Waals surface area contributed by atoms with Crippen molar-refractivity contribution in [2.75, 3.05) is 57.3 Å². The Morgan fingerprint density at radius 3 is 2.26 bits per heavy atom. The van der Waals surface area contributed by atoms with E-state index in [1.807, 2.05) is 30.3 Å². The number of ether oxygens (including phenoxy) is 1. The second-order valence-corrected chi connectivity index (χ2v) is 13.1. The standard InChI is InChI=1S/C36H41N3O2S/c40-35(27-11-15-29(16-12-27)39-23-7-8-30(39)26-38-21-5-6-22-38)34-32-9-1-2-10-33(32)42-36(34)28-13-17-31(18-14-28)41-25-24-37-19-3-4-20-37/h1-2,9-18,30H,3-8,19-26H2/t30-/m0/s1. The summed E-state index contributed by atoms with van der Waals surface area (Å²) < 4.78 is 7.19. The van der Waals surface area contributed by atoms with Crippen molar-refractivity contribution in [3.63, 3.8) is 0 Å². The molecule has 0 saturated carbocycles. The molecule has 0 aliphatic carbocycles. The lowest BCUT2D eigenvalue weighted by molar-refractivity contribution is 0.104. The quantitative estimate of drug-likeness (QED) is 0.184. The zero-order valence-corrected chi connectivity index (χ0v) is 25.3. The van der Waals surface area contributed by atoms with E-state index in [9.17, 15) is 4.79 Å². The summed E-state index contributed by atoms with van der Waals surface area (Å²) in [5.41, 5.74) is 3.86. The number of nitrogens with zero attached hydrogens (tertiary/aromatic N) is 3. The van der Waals surface area contributed by atoms with Crippen LogP contribution in [0.25, 0.3) is 20.5 Å². The van der Waals surface area contributed by atoms with Gasteiger partial charge in [0.25, 0.3) is 0 Å². The maximum Gasteiger partial charge on any atom is 0.195 e. The SMILES string of the molecule is O=C(c1ccc(N2CCC[C@H]2CN2CCCC2)cc1)c1c(-c2ccc(OCCN3CCCC3)cc2)sc2ccccc12. The Kier molecular flexibility index (Phi) is 8.28. The van der Waals surface area contributed by atoms with Crippen molar-refractivity contribution in [1.29, 1.82) is 0 Å². The van der Waals surface area contributed by atoms with Gasteiger partial charge in [-0.3, -0.25) is 9.69 Å². The number of fused-ring (bicyclic) bond motifs is 1. The Hall–Kier alpha value is -3.19. The van der Waals surface area contributed by atoms with Crippen LogP contribution in [0, 0.1) is 0 Å². The molecule has 1 aromatic heterocycles. The molecule has 3 saturated heterocycles. The molecule has 218 valence electrons. The second-order valence-electron chi connectivity index (χ2n) is 12.1. The number of carbonyl (C=O) groups is 1. The summed E-state index contributed by atoms with van der Waals surface area (Å²) in [5.74, 6) is 0.974. The lowest BCUT2D eigenvalue weighted by Crippen LogP contribution is -2.39. The van der Waals surface area contributed by atoms with Crippen LogP contribution in [0.5, 0.6) is 5.75 Å². The molecule has 4 aromatic rings. The Morgan fingerprint density at radius 2 is 1.50 bits per heavy atom. The van der Waals surface area contributed by atoms with E-state index in [1.165, 1.54) is 70.4 Å². The third kappa shape index (κ3) is 5.85. The average molecular weight is 580 g/mol. The van der Waals surface area contributed by atoms with Gasteiger partial charge in [0, 0.05) is 57.5 Å². The van der Waals surface area contributed by atoms with Crippen LogP contribution in [0.3, 0.4) is 0 Å². The van der Waals surface area contributed by atoms with Crippen LogP contribution in [-0.4, -0.2) is 74.0 Å². The summed E-state index contributed by atoms with van der Waals surface area (Å²) in [5, 5.41) is 1.03. The molecule has 1 atom stereocenters. The molecule has 3 aromatic carbocycles. The van der Waals surface area contributed by atoms with E-state index in [1.54, 1.807) is 11.3 Å². The molecule has 0 bridgehead atoms. The van der Waals surface area contributed by atoms with Crippen molar-refractivity contribution in [2.45, 2.75) is 44.6 Å². The predicted molar refractivity (Wildman–Crippen MR) is 174 cm³/mol. The first-order valence-corrected chi connectivity index (χ1v) is 16.7. The van der Waals surface area contributed by atoms with Crippen molar-refractivity contribution in [1.82, 2.24) is 9.80 Å². The normalized spacial score (nSPS) is 19.7. The highest BCUT2D eigenvalue weighted by molar-refractivity contribution is 7.22. The maximum absolute atomic E-state index is 14.1. The van der Waals surface area contributed by atoms with Gasteiger partial charge in [0.2, 0.25) is 0 Å². The smallest absolute Gasteiger partial charge is 0.195 e. The average Bonchev–Trinajstić information content (AvgIpc) is 3.85. The molecule has 0 unspecified atom stereocenters. The summed E-state index contributed by atoms with van der Waals surface area (Å²) in [7, 11) is 0. The van der Waals surface area contributed by atoms with Gasteiger partial charge in [-0.2, -0.15) is 0 Å². The molecular formula is C36H41N3O2S. The highest BCUT2D eigenvalue weighted by Crippen LogP contribution is 2.40. The van der Waals surface area contributed by atoms with E-state index >= 15 is 0 Å². The molecule has 3 fully saturated rings. The molecule has 42 heavy (non-hydrogen) atoms. The van der Waals surface area contributed by atoms with E-state index in [4.69, 9.17) is 4.74 Å². The Bertz CT molecular complexity index is 1500. The fraction of sp³-hybridized carbons (Fsp3) is 0.417. The molecule has 4 heterocycles. The Labute approximate surface area is 253 Å². The maximum atomic E-state index is 14.1. The van der Waals surface area contributed by atoms with Crippen molar-refractivity contribution in [3.8, 4) is 16.2 Å². The summed E-state index contributed by atoms with van der Waals surface area (Å²) in [4.78, 5) is 22.8. The monoisotopic (exact) mass is 579 g/mol. The van der Waals surface area contributed by atoms with Gasteiger partial charge in [0.15, 0.2) is 5.78 Å². The second kappa shape index (κ2) is 12.6. The number of anilines is 1. The van der Waals surface area contributed by atoms with Crippen molar-refractivity contribution in [3.05, 3.63) is 83.9 Å². The number of rotatable bonds is 10. The number of hydrogen-bond donors (Lipinski definition) is 0. The fourth-order valence-corrected chi connectivity index (χ4v) is 8.26. The highest BCUT2D eigenvalue weighted by atomic mass is 32.1. The number of ketones is 1. The van der Waals surface area contributed by atoms with Crippen LogP contribution in [0.1, 0.15) is 54.4 Å². The first kappa shape index (κ1) is 27.6. The van der Waals surface area contributed by atoms with E-state index in [2.05, 4.69) is 57.2 Å². The van der Waals surface area contributed by atoms with Gasteiger partial charge in [0.05, 0.1) is 0 Å². The zero-order chi connectivity index (χ0) is 28.3. The van der Waals surface area contributed by atoms with E-state index in [-0.39, 0.29) is 5.78 Å². The number of carbonyl (C=O) groups excluding carboxylic acids is 1. The van der Waals surface area contributed by atoms with Gasteiger partial charge in [0.1, 0.15) is 12.4 Å². The molecule has 3 aliphatic heterocycles. The van der Waals surface area contributed by atoms with Gasteiger partial charge in [-0.05, 0) is 125 Å². The van der Waals surface area contributed by atoms with E-state index < -0.39 is 0 Å². The van der Waals surface area contributed by atoms with Gasteiger partial charge in [-0.25, -0.2) is 0 Å². The summed E-state index contributed by atoms with van der Waals surface area (Å²) in [6, 6.07) is 25.6. The van der Waals surface area contributed by atoms with Gasteiger partial charge < -0.3 is 14.5 Å². The summed E-state index contributed by atoms with van der Waals surface area (Å²) in [6.45, 7) is 8.80. The lowest BCUT2D eigenvalue weighted by atomic mass is 9.97. The van der Waals surface area contributed by atoms with Gasteiger partial charge >= 0.3 is 0 Å². The van der Waals surface area contributed by atoms with Crippen molar-refractivity contribution < 1.29 is 9.53 Å². The Morgan fingerprint density at radius 1 is 0.786 bits per heavy atom. The van der Waals surface area contributed by atoms with Crippen LogP contribution in [-0.2, 0) is 0 Å². The largest absolute Gasteiger partial charge is 0.492 e. The molecule has 0 radical (unpaired) electrons. The van der Waals surface area contributed by atoms with E-state index in [0.29, 0.717) is 12.6 Å². The number of likely N-dealkylation sites (tertiary alicyclic amines) is 2. The molecular weight excluding hydrogens is 538 g/mol. The molecule has 7 rings (SSSR count). The highest BCUT2D eigenvalue weighted by Gasteiger charge is 2.28. The minimum absolute atomic E-state index is 0.0926. The lowest BCUT2D eigenvalue weighted by Gasteiger charge is -2.30. The topological polar surface area (TPSA) is 36.0 Å². The molecule has 6 heteroatoms. The summed E-state index contributed by atoms with van der Waals surface area (Å²) >= 11 is 1.70. The molecule has 0 amide bonds. The van der Waals surface area contributed by atoms with Gasteiger partial charge in [-0.1, -0.05) is 18.2 Å². The number of benzene rings is 3. The Balaban J connectivity index is 1.10. The third-order valence-electron chi connectivity index (χ3n) is 9.32. The van der Waals surface area contributed by atoms with Crippen molar-refractivity contribution in [2.24, 2.45) is 0 Å². The van der Waals surface area contributed by atoms with Crippen LogP contribution in [0.15, 0.2) is 72.8 Å². The molecule has 3 aliphatic rings. The molecule has 0 spiro atoms. The van der Waals surface area contributed by atoms with Crippen molar-refractivity contribution >= 4 is 32.9 Å². The number of thiophene rings is 1. The zero-order valence-electron chi connectivity index (χ0n) is 24.5. The first-order valence-electron chi connectivity index (χ1n) is 15.8. The third-order valence-corrected chi connectivity index (χ3v) is 10.5. The minimum Gasteiger partial charge on any atom is -0.492 e. The predicted octanol–water partition coefficient (Wildman–Crippen LogP) is 7.34. The van der Waals surface area contributed by atoms with Crippen LogP contribution < -0.4 is 9.64 Å². The summed E-state index contributed by atoms with van der Waals surface area (Å²) in [6.07, 6.45) is 7.76. The molecule has 0 N–H and O–H groups in total. The first-order chi connectivity index (χ1) is 20.7. The number of hydrogen-bond acceptors (Lipinski definition) is 6.